The summed E-state index contributed by atoms with van der Waals surface area (Å²) in [5, 5.41) is 27.8. The van der Waals surface area contributed by atoms with E-state index < -0.39 is 0 Å². The predicted molar refractivity (Wildman–Crippen MR) is 355 cm³/mol. The van der Waals surface area contributed by atoms with Crippen molar-refractivity contribution < 1.29 is 28.9 Å². The molecule has 16 nitrogen and oxygen atoms in total. The number of carbonyl (C=O) groups is 2. The number of hydrogen-bond acceptors (Lipinski definition) is 14. The van der Waals surface area contributed by atoms with E-state index in [1.807, 2.05) is 67.1 Å². The molecule has 2 aliphatic carbocycles. The van der Waals surface area contributed by atoms with Gasteiger partial charge in [0.15, 0.2) is 0 Å². The van der Waals surface area contributed by atoms with Gasteiger partial charge in [-0.25, -0.2) is 29.5 Å². The van der Waals surface area contributed by atoms with Gasteiger partial charge < -0.3 is 50.4 Å². The van der Waals surface area contributed by atoms with Gasteiger partial charge in [-0.1, -0.05) is 123 Å². The number of phenolic OH excluding ortho intramolecular Hbond substituents is 1. The highest BCUT2D eigenvalue weighted by Gasteiger charge is 2.33. The summed E-state index contributed by atoms with van der Waals surface area (Å²) in [7, 11) is 5.29. The van der Waals surface area contributed by atoms with Gasteiger partial charge in [0.2, 0.25) is 11.9 Å². The summed E-state index contributed by atoms with van der Waals surface area (Å²) >= 11 is 0. The van der Waals surface area contributed by atoms with Crippen LogP contribution < -0.4 is 26.0 Å². The summed E-state index contributed by atoms with van der Waals surface area (Å²) in [6, 6.07) is 57.7. The second-order valence-corrected chi connectivity index (χ2v) is 22.5. The van der Waals surface area contributed by atoms with Crippen LogP contribution in [0.5, 0.6) is 11.5 Å². The fourth-order valence-corrected chi connectivity index (χ4v) is 12.8. The highest BCUT2D eigenvalue weighted by Crippen LogP contribution is 2.46. The first-order chi connectivity index (χ1) is 43.7. The summed E-state index contributed by atoms with van der Waals surface area (Å²) in [6.07, 6.45) is 6.19. The Morgan fingerprint density at radius 1 is 0.506 bits per heavy atom. The number of amides is 2. The lowest BCUT2D eigenvalue weighted by Crippen LogP contribution is -2.43. The van der Waals surface area contributed by atoms with Gasteiger partial charge in [-0.15, -0.1) is 0 Å². The number of ether oxygens (including phenoxy) is 3. The summed E-state index contributed by atoms with van der Waals surface area (Å²) in [4.78, 5) is 47.8. The summed E-state index contributed by atoms with van der Waals surface area (Å²) in [5.74, 6) is 2.26. The minimum Gasteiger partial charge on any atom is -0.508 e. The summed E-state index contributed by atoms with van der Waals surface area (Å²) in [5.41, 5.74) is 15.3. The van der Waals surface area contributed by atoms with Gasteiger partial charge in [0.05, 0.1) is 18.5 Å². The molecule has 10 aromatic rings. The number of likely N-dealkylation sites (tertiary alicyclic amines) is 2. The number of phenols is 1. The van der Waals surface area contributed by atoms with Crippen molar-refractivity contribution in [1.29, 1.82) is 0 Å². The lowest BCUT2D eigenvalue weighted by Gasteiger charge is -2.33. The molecule has 14 rings (SSSR count). The molecular formula is C73H74N10O6. The van der Waals surface area contributed by atoms with Crippen molar-refractivity contribution in [2.45, 2.75) is 63.5 Å². The van der Waals surface area contributed by atoms with Crippen LogP contribution in [0.25, 0.3) is 66.3 Å². The molecule has 2 amide bonds. The molecule has 2 aromatic heterocycles. The molecule has 0 bridgehead atoms. The Morgan fingerprint density at radius 2 is 0.899 bits per heavy atom. The van der Waals surface area contributed by atoms with Gasteiger partial charge in [0.1, 0.15) is 24.7 Å². The Hall–Kier alpha value is -10.2. The van der Waals surface area contributed by atoms with E-state index in [0.717, 1.165) is 86.9 Å². The first-order valence-corrected chi connectivity index (χ1v) is 30.8. The lowest BCUT2D eigenvalue weighted by atomic mass is 9.98. The maximum Gasteiger partial charge on any atom is 0.409 e. The molecule has 5 N–H and O–H groups in total. The molecule has 0 saturated carbocycles. The number of aromatic hydroxyl groups is 1. The van der Waals surface area contributed by atoms with Crippen molar-refractivity contribution in [1.82, 2.24) is 29.7 Å². The molecule has 89 heavy (non-hydrogen) atoms. The molecule has 452 valence electrons. The van der Waals surface area contributed by atoms with Crippen LogP contribution in [0.2, 0.25) is 0 Å². The second kappa shape index (κ2) is 26.8. The highest BCUT2D eigenvalue weighted by molar-refractivity contribution is 6.00. The SMILES string of the molecule is CC.CNc1nccc(-c2cc(NC3CCN(C(=O)OCC4c5ccccc5-c5ccccc54)CC3)c3cc(O)ccc3c2)n1.CNc1nccc(-c2cc(NC3CCN(C(=O)OCC4c5ccccc5-c5ccccc54)CC3)c3cc(OC)ccc3c2)n1. The molecule has 2 fully saturated rings. The third-order valence-corrected chi connectivity index (χ3v) is 17.3. The number of piperidine rings is 2. The second-order valence-electron chi connectivity index (χ2n) is 22.5. The first-order valence-electron chi connectivity index (χ1n) is 30.8. The largest absolute Gasteiger partial charge is 0.508 e. The van der Waals surface area contributed by atoms with E-state index in [-0.39, 0.29) is 41.9 Å². The van der Waals surface area contributed by atoms with Gasteiger partial charge >= 0.3 is 12.2 Å². The van der Waals surface area contributed by atoms with Crippen molar-refractivity contribution >= 4 is 57.0 Å². The summed E-state index contributed by atoms with van der Waals surface area (Å²) < 4.78 is 17.4. The fraction of sp³-hybridized carbons (Fsp3) is 0.260. The minimum absolute atomic E-state index is 0.0478. The van der Waals surface area contributed by atoms with Crippen LogP contribution in [0, 0.1) is 0 Å². The summed E-state index contributed by atoms with van der Waals surface area (Å²) in [6.45, 7) is 7.14. The number of fused-ring (bicyclic) bond motifs is 8. The molecule has 2 saturated heterocycles. The highest BCUT2D eigenvalue weighted by atomic mass is 16.6. The molecule has 0 spiro atoms. The lowest BCUT2D eigenvalue weighted by molar-refractivity contribution is 0.0908. The maximum atomic E-state index is 13.2. The molecule has 2 aliphatic heterocycles. The number of hydrogen-bond donors (Lipinski definition) is 5. The topological polar surface area (TPSA) is 188 Å². The third-order valence-electron chi connectivity index (χ3n) is 17.3. The van der Waals surface area contributed by atoms with Crippen LogP contribution in [-0.2, 0) is 9.47 Å². The van der Waals surface area contributed by atoms with Crippen LogP contribution in [0.1, 0.15) is 73.6 Å². The van der Waals surface area contributed by atoms with Crippen LogP contribution in [-0.4, -0.2) is 120 Å². The van der Waals surface area contributed by atoms with Gasteiger partial charge in [-0.2, -0.15) is 0 Å². The Kier molecular flexibility index (Phi) is 17.8. The molecule has 8 aromatic carbocycles. The Bertz CT molecular complexity index is 4090. The van der Waals surface area contributed by atoms with Gasteiger partial charge in [-0.05, 0) is 142 Å². The first kappa shape index (κ1) is 59.1. The molecule has 0 unspecified atom stereocenters. The standard InChI is InChI=1S/C36H35N5O3.C35H33N5O3.C2H6/c1-37-35-38-16-13-33(40-35)24-19-23-11-12-26(43-2)21-31(23)34(20-24)39-25-14-17-41(18-15-25)36(42)44-22-32-29-9-5-3-7-27(29)28-8-4-6-10-30(28)32;1-36-34-37-15-12-32(39-34)23-18-22-10-11-25(41)20-30(22)33(19-23)38-24-13-16-40(17-14-24)35(42)43-21-31-28-8-4-2-6-26(28)27-7-3-5-9-29(27)31;1-2/h3-13,16,19-21,25,32,39H,14-15,17-18,22H2,1-2H3,(H,37,38,40);2-12,15,18-20,24,31,38,41H,13-14,16-17,21H2,1H3,(H,36,37,39);1-2H3. The average Bonchev–Trinajstić information content (AvgIpc) is 1.99. The monoisotopic (exact) mass is 1190 g/mol. The van der Waals surface area contributed by atoms with E-state index in [1.54, 1.807) is 38.7 Å². The number of aromatic nitrogens is 4. The van der Waals surface area contributed by atoms with E-state index in [1.165, 1.54) is 44.5 Å². The number of rotatable bonds is 13. The quantitative estimate of drug-likeness (QED) is 0.0733. The third kappa shape index (κ3) is 12.7. The maximum absolute atomic E-state index is 13.2. The van der Waals surface area contributed by atoms with Gasteiger partial charge in [0.25, 0.3) is 0 Å². The number of nitrogens with zero attached hydrogens (tertiary/aromatic N) is 6. The zero-order valence-corrected chi connectivity index (χ0v) is 50.9. The van der Waals surface area contributed by atoms with E-state index in [9.17, 15) is 14.7 Å². The normalized spacial score (nSPS) is 14.4. The van der Waals surface area contributed by atoms with E-state index in [4.69, 9.17) is 14.2 Å². The van der Waals surface area contributed by atoms with Crippen molar-refractivity contribution in [2.24, 2.45) is 0 Å². The number of benzene rings is 8. The van der Waals surface area contributed by atoms with Crippen LogP contribution in [0.4, 0.5) is 32.9 Å². The van der Waals surface area contributed by atoms with E-state index in [2.05, 4.69) is 163 Å². The molecule has 16 heteroatoms. The Morgan fingerprint density at radius 3 is 1.30 bits per heavy atom. The number of methoxy groups -OCH3 is 1. The smallest absolute Gasteiger partial charge is 0.409 e. The molecular weight excluding hydrogens is 1110 g/mol. The van der Waals surface area contributed by atoms with Crippen molar-refractivity contribution in [3.63, 3.8) is 0 Å². The van der Waals surface area contributed by atoms with Crippen molar-refractivity contribution in [3.05, 3.63) is 205 Å². The van der Waals surface area contributed by atoms with Gasteiger partial charge in [-0.3, -0.25) is 0 Å². The fourth-order valence-electron chi connectivity index (χ4n) is 12.8. The zero-order chi connectivity index (χ0) is 61.4. The Balaban J connectivity index is 0.000000168. The molecule has 0 radical (unpaired) electrons. The van der Waals surface area contributed by atoms with Crippen LogP contribution in [0.3, 0.4) is 0 Å². The van der Waals surface area contributed by atoms with E-state index >= 15 is 0 Å². The van der Waals surface area contributed by atoms with Gasteiger partial charge in [0, 0.05) is 110 Å². The number of anilines is 4. The van der Waals surface area contributed by atoms with Crippen LogP contribution in [0.15, 0.2) is 182 Å². The molecule has 4 aliphatic rings. The zero-order valence-electron chi connectivity index (χ0n) is 50.9. The number of nitrogens with one attached hydrogen (secondary N) is 4. The average molecular weight is 1190 g/mol. The van der Waals surface area contributed by atoms with Crippen LogP contribution >= 0.6 is 0 Å². The molecule has 4 heterocycles. The van der Waals surface area contributed by atoms with E-state index in [0.29, 0.717) is 51.3 Å². The Labute approximate surface area is 519 Å². The number of carbonyl (C=O) groups excluding carboxylic acids is 2. The predicted octanol–water partition coefficient (Wildman–Crippen LogP) is 15.1. The van der Waals surface area contributed by atoms with Crippen molar-refractivity contribution in [2.75, 3.05) is 81.9 Å². The van der Waals surface area contributed by atoms with Crippen molar-refractivity contribution in [3.8, 4) is 56.3 Å². The minimum atomic E-state index is -0.262. The molecule has 0 atom stereocenters.